The quantitative estimate of drug-likeness (QED) is 0.0519. The highest BCUT2D eigenvalue weighted by atomic mass is 16.4. The number of rotatable bonds is 19. The second-order valence-corrected chi connectivity index (χ2v) is 9.45. The number of hydrogen-bond donors (Lipinski definition) is 9. The van der Waals surface area contributed by atoms with Crippen LogP contribution >= 0.6 is 0 Å². The number of aliphatic carboxylic acids is 1. The minimum atomic E-state index is -1.24. The second-order valence-electron chi connectivity index (χ2n) is 9.45. The van der Waals surface area contributed by atoms with Crippen molar-refractivity contribution in [3.8, 4) is 0 Å². The summed E-state index contributed by atoms with van der Waals surface area (Å²) in [6, 6.07) is -4.13. The Morgan fingerprint density at radius 2 is 1.72 bits per heavy atom. The van der Waals surface area contributed by atoms with Gasteiger partial charge in [-0.2, -0.15) is 0 Å². The fraction of sp³-hybridized carbons (Fsp3) is 0.667. The number of nitrogens with zero attached hydrogens (tertiary/aromatic N) is 2. The van der Waals surface area contributed by atoms with Crippen molar-refractivity contribution < 1.29 is 24.3 Å². The molecular weight excluding hydrogens is 508 g/mol. The van der Waals surface area contributed by atoms with Crippen LogP contribution in [-0.2, 0) is 25.6 Å². The van der Waals surface area contributed by atoms with Gasteiger partial charge in [-0.3, -0.25) is 19.4 Å². The molecule has 0 aliphatic heterocycles. The summed E-state index contributed by atoms with van der Waals surface area (Å²) >= 11 is 0. The van der Waals surface area contributed by atoms with E-state index in [4.69, 9.17) is 22.9 Å². The zero-order chi connectivity index (χ0) is 29.4. The topological polar surface area (TPSA) is 270 Å². The Morgan fingerprint density at radius 1 is 1.03 bits per heavy atom. The summed E-state index contributed by atoms with van der Waals surface area (Å²) in [7, 11) is 0. The lowest BCUT2D eigenvalue weighted by atomic mass is 9.96. The zero-order valence-corrected chi connectivity index (χ0v) is 22.7. The third-order valence-corrected chi connectivity index (χ3v) is 6.27. The summed E-state index contributed by atoms with van der Waals surface area (Å²) in [6.07, 6.45) is 5.55. The molecule has 0 fully saturated rings. The summed E-state index contributed by atoms with van der Waals surface area (Å²) in [5, 5.41) is 17.5. The molecule has 5 atom stereocenters. The minimum absolute atomic E-state index is 0.0167. The average Bonchev–Trinajstić information content (AvgIpc) is 3.40. The first kappa shape index (κ1) is 33.3. The predicted octanol–water partition coefficient (Wildman–Crippen LogP) is -1.95. The van der Waals surface area contributed by atoms with Crippen LogP contribution in [0.15, 0.2) is 17.5 Å². The van der Waals surface area contributed by atoms with E-state index < -0.39 is 47.9 Å². The summed E-state index contributed by atoms with van der Waals surface area (Å²) in [5.74, 6) is -3.31. The molecule has 1 rings (SSSR count). The lowest BCUT2D eigenvalue weighted by Crippen LogP contribution is -2.58. The number of hydrogen-bond acceptors (Lipinski definition) is 8. The Balaban J connectivity index is 2.94. The van der Waals surface area contributed by atoms with E-state index in [9.17, 15) is 24.3 Å². The van der Waals surface area contributed by atoms with Crippen LogP contribution in [0.2, 0.25) is 0 Å². The fourth-order valence-corrected chi connectivity index (χ4v) is 3.72. The van der Waals surface area contributed by atoms with Crippen LogP contribution in [0.5, 0.6) is 0 Å². The molecule has 0 saturated heterocycles. The molecule has 220 valence electrons. The molecule has 0 spiro atoms. The summed E-state index contributed by atoms with van der Waals surface area (Å²) < 4.78 is 0. The van der Waals surface area contributed by atoms with Gasteiger partial charge >= 0.3 is 5.97 Å². The van der Waals surface area contributed by atoms with Crippen molar-refractivity contribution in [1.82, 2.24) is 25.9 Å². The highest BCUT2D eigenvalue weighted by molar-refractivity contribution is 5.94. The van der Waals surface area contributed by atoms with E-state index >= 15 is 0 Å². The average molecular weight is 553 g/mol. The Labute approximate surface area is 228 Å². The van der Waals surface area contributed by atoms with E-state index in [2.05, 4.69) is 30.9 Å². The maximum Gasteiger partial charge on any atom is 0.326 e. The maximum absolute atomic E-state index is 13.3. The number of carboxylic acids is 1. The molecule has 0 aliphatic carbocycles. The Bertz CT molecular complexity index is 936. The van der Waals surface area contributed by atoms with Crippen molar-refractivity contribution in [1.29, 1.82) is 0 Å². The first-order valence-electron chi connectivity index (χ1n) is 13.1. The number of carboxylic acid groups (broad SMARTS) is 1. The van der Waals surface area contributed by atoms with Gasteiger partial charge in [0.05, 0.1) is 12.4 Å². The van der Waals surface area contributed by atoms with Crippen LogP contribution in [0, 0.1) is 5.92 Å². The SMILES string of the molecule is CCC(C)C(NC(=O)C(N)CCCN=C(N)N)C(=O)NC(CCCCN)C(=O)NC(Cc1cnc[nH]1)C(=O)O. The number of carbonyl (C=O) groups is 4. The zero-order valence-electron chi connectivity index (χ0n) is 22.7. The molecule has 15 nitrogen and oxygen atoms in total. The van der Waals surface area contributed by atoms with Gasteiger partial charge in [0.2, 0.25) is 17.7 Å². The van der Waals surface area contributed by atoms with E-state index in [1.165, 1.54) is 12.5 Å². The van der Waals surface area contributed by atoms with Crippen molar-refractivity contribution in [3.63, 3.8) is 0 Å². The molecule has 3 amide bonds. The van der Waals surface area contributed by atoms with Gasteiger partial charge in [0.25, 0.3) is 0 Å². The number of aliphatic imine (C=N–C) groups is 1. The molecule has 0 bridgehead atoms. The Morgan fingerprint density at radius 3 is 2.28 bits per heavy atom. The molecule has 13 N–H and O–H groups in total. The lowest BCUT2D eigenvalue weighted by Gasteiger charge is -2.28. The first-order chi connectivity index (χ1) is 18.5. The Hall–Kier alpha value is -3.72. The number of unbranched alkanes of at least 4 members (excludes halogenated alkanes) is 1. The van der Waals surface area contributed by atoms with E-state index in [0.717, 1.165) is 0 Å². The number of nitrogens with one attached hydrogen (secondary N) is 4. The van der Waals surface area contributed by atoms with Crippen molar-refractivity contribution in [2.24, 2.45) is 33.8 Å². The van der Waals surface area contributed by atoms with Gasteiger partial charge in [0.1, 0.15) is 18.1 Å². The maximum atomic E-state index is 13.3. The third-order valence-electron chi connectivity index (χ3n) is 6.27. The van der Waals surface area contributed by atoms with E-state index in [-0.39, 0.29) is 24.7 Å². The normalized spacial score (nSPS) is 14.8. The van der Waals surface area contributed by atoms with E-state index in [1.807, 2.05) is 6.92 Å². The standard InChI is InChI=1S/C24H44N10O5/c1-3-14(2)19(34-20(35)16(26)7-6-10-30-24(27)28)22(37)32-17(8-4-5-9-25)21(36)33-18(23(38)39)11-15-12-29-13-31-15/h12-14,16-19H,3-11,25-26H2,1-2H3,(H,29,31)(H,32,37)(H,33,36)(H,34,35)(H,38,39)(H4,27,28,30). The smallest absolute Gasteiger partial charge is 0.326 e. The third kappa shape index (κ3) is 12.6. The second kappa shape index (κ2) is 17.7. The van der Waals surface area contributed by atoms with Gasteiger partial charge in [0.15, 0.2) is 5.96 Å². The molecule has 1 aromatic heterocycles. The molecule has 0 saturated carbocycles. The van der Waals surface area contributed by atoms with Crippen LogP contribution in [-0.4, -0.2) is 82.0 Å². The molecule has 15 heteroatoms. The largest absolute Gasteiger partial charge is 0.480 e. The molecule has 5 unspecified atom stereocenters. The van der Waals surface area contributed by atoms with Gasteiger partial charge in [0, 0.05) is 24.9 Å². The van der Waals surface area contributed by atoms with Gasteiger partial charge in [-0.05, 0) is 44.6 Å². The number of aromatic amines is 1. The number of guanidine groups is 1. The van der Waals surface area contributed by atoms with Crippen molar-refractivity contribution >= 4 is 29.7 Å². The molecule has 0 radical (unpaired) electrons. The summed E-state index contributed by atoms with van der Waals surface area (Å²) in [6.45, 7) is 4.37. The number of nitrogens with two attached hydrogens (primary N) is 4. The van der Waals surface area contributed by atoms with Crippen molar-refractivity contribution in [2.75, 3.05) is 13.1 Å². The molecular formula is C24H44N10O5. The number of imidazole rings is 1. The number of aromatic nitrogens is 2. The Kier molecular flexibility index (Phi) is 15.1. The number of carbonyl (C=O) groups excluding carboxylic acids is 3. The highest BCUT2D eigenvalue weighted by Gasteiger charge is 2.32. The molecule has 1 heterocycles. The first-order valence-corrected chi connectivity index (χ1v) is 13.1. The van der Waals surface area contributed by atoms with Gasteiger partial charge < -0.3 is 49.0 Å². The summed E-state index contributed by atoms with van der Waals surface area (Å²) in [5.41, 5.74) is 22.7. The van der Waals surface area contributed by atoms with Crippen LogP contribution in [0.1, 0.15) is 58.1 Å². The molecule has 0 aliphatic rings. The predicted molar refractivity (Wildman–Crippen MR) is 146 cm³/mol. The lowest BCUT2D eigenvalue weighted by molar-refractivity contribution is -0.142. The van der Waals surface area contributed by atoms with Crippen molar-refractivity contribution in [3.05, 3.63) is 18.2 Å². The minimum Gasteiger partial charge on any atom is -0.480 e. The van der Waals surface area contributed by atoms with Crippen LogP contribution < -0.4 is 38.9 Å². The number of H-pyrrole nitrogens is 1. The highest BCUT2D eigenvalue weighted by Crippen LogP contribution is 2.11. The van der Waals surface area contributed by atoms with Crippen LogP contribution in [0.4, 0.5) is 0 Å². The summed E-state index contributed by atoms with van der Waals surface area (Å²) in [4.78, 5) is 61.5. The van der Waals surface area contributed by atoms with Gasteiger partial charge in [-0.15, -0.1) is 0 Å². The van der Waals surface area contributed by atoms with Gasteiger partial charge in [-0.25, -0.2) is 9.78 Å². The van der Waals surface area contributed by atoms with E-state index in [1.54, 1.807) is 6.92 Å². The monoisotopic (exact) mass is 552 g/mol. The van der Waals surface area contributed by atoms with Gasteiger partial charge in [-0.1, -0.05) is 20.3 Å². The van der Waals surface area contributed by atoms with Crippen LogP contribution in [0.25, 0.3) is 0 Å². The van der Waals surface area contributed by atoms with Crippen molar-refractivity contribution in [2.45, 2.75) is 83.0 Å². The molecule has 0 aromatic carbocycles. The molecule has 39 heavy (non-hydrogen) atoms. The van der Waals surface area contributed by atoms with E-state index in [0.29, 0.717) is 50.9 Å². The number of amides is 3. The molecule has 1 aromatic rings. The van der Waals surface area contributed by atoms with Crippen LogP contribution in [0.3, 0.4) is 0 Å². The fourth-order valence-electron chi connectivity index (χ4n) is 3.72.